The highest BCUT2D eigenvalue weighted by atomic mass is 16.2. The number of nitrogens with one attached hydrogen (secondary N) is 9. The molecule has 414 valence electrons. The minimum absolute atomic E-state index is 0.0388. The fraction of sp³-hybridized carbons (Fsp3) is 0.509. The molecular formula is C53H78N14O9. The molecule has 1 aliphatic rings. The average molecular weight is 1060 g/mol. The summed E-state index contributed by atoms with van der Waals surface area (Å²) < 4.78 is 0. The largest absolute Gasteiger partial charge is 0.354 e. The molecule has 1 fully saturated rings. The standard InChI is InChI=1S/C53H78N14O9/c1-31(2)27-42-46(69)59-26-20-40(64-47(70)36(15-21-54)60-45(68)35-19-25-58-41(30-35)34-13-9-6-10-14-34)51(74)62-39(18-24-57)50(73)66-43(28-32(3)4)52(75)67-44(29-33-11-7-5-8-12-33)53(76)63-37(16-22-55)48(71)61-38(17-23-56)49(72)65-42/h5-14,19,25,30-32,36-40,42-44H,15-18,20-24,26-29,54-57H2,1-4H3,(H,59,69)(H,60,68)(H,61,71)(H,62,74)(H,63,76)(H,64,70)(H,65,72)(H,66,73)(H,67,75)/t36-,37+,38+,39+,40+,42+,43-,44+/m1/s1. The number of amides is 9. The normalized spacial score (nSPS) is 22.2. The van der Waals surface area contributed by atoms with Crippen LogP contribution in [0.4, 0.5) is 0 Å². The monoisotopic (exact) mass is 1050 g/mol. The maximum Gasteiger partial charge on any atom is 0.252 e. The molecule has 0 saturated carbocycles. The second kappa shape index (κ2) is 31.5. The number of hydrogen-bond donors (Lipinski definition) is 13. The van der Waals surface area contributed by atoms with Crippen LogP contribution in [-0.4, -0.2) is 139 Å². The Morgan fingerprint density at radius 3 is 1.55 bits per heavy atom. The summed E-state index contributed by atoms with van der Waals surface area (Å²) in [6.07, 6.45) is 1.07. The zero-order chi connectivity index (χ0) is 55.7. The van der Waals surface area contributed by atoms with E-state index in [-0.39, 0.29) is 101 Å². The quantitative estimate of drug-likeness (QED) is 0.0650. The summed E-state index contributed by atoms with van der Waals surface area (Å²) >= 11 is 0. The van der Waals surface area contributed by atoms with Crippen molar-refractivity contribution in [2.45, 2.75) is 127 Å². The number of carbonyl (C=O) groups excluding carboxylic acids is 9. The van der Waals surface area contributed by atoms with Crippen molar-refractivity contribution in [3.05, 3.63) is 90.1 Å². The molecule has 8 atom stereocenters. The third kappa shape index (κ3) is 19.7. The lowest BCUT2D eigenvalue weighted by Crippen LogP contribution is -2.61. The molecule has 2 heterocycles. The fourth-order valence-electron chi connectivity index (χ4n) is 8.42. The summed E-state index contributed by atoms with van der Waals surface area (Å²) in [6, 6.07) is 10.6. The van der Waals surface area contributed by atoms with Gasteiger partial charge in [0.25, 0.3) is 5.91 Å². The molecule has 1 saturated heterocycles. The Morgan fingerprint density at radius 1 is 0.579 bits per heavy atom. The lowest BCUT2D eigenvalue weighted by molar-refractivity contribution is -0.136. The van der Waals surface area contributed by atoms with Gasteiger partial charge in [0.1, 0.15) is 48.3 Å². The van der Waals surface area contributed by atoms with Gasteiger partial charge in [-0.05, 0) is 101 Å². The van der Waals surface area contributed by atoms with Gasteiger partial charge in [0, 0.05) is 30.3 Å². The zero-order valence-electron chi connectivity index (χ0n) is 43.9. The molecule has 76 heavy (non-hydrogen) atoms. The number of pyridine rings is 1. The molecule has 9 amide bonds. The van der Waals surface area contributed by atoms with E-state index in [1.165, 1.54) is 12.3 Å². The van der Waals surface area contributed by atoms with Crippen LogP contribution in [-0.2, 0) is 44.8 Å². The molecule has 0 aliphatic carbocycles. The number of aromatic nitrogens is 1. The molecule has 17 N–H and O–H groups in total. The number of rotatable bonds is 19. The third-order valence-electron chi connectivity index (χ3n) is 12.4. The van der Waals surface area contributed by atoms with Gasteiger partial charge in [-0.15, -0.1) is 0 Å². The highest BCUT2D eigenvalue weighted by Gasteiger charge is 2.35. The van der Waals surface area contributed by atoms with Gasteiger partial charge in [0.05, 0.1) is 5.69 Å². The van der Waals surface area contributed by atoms with Crippen LogP contribution in [0.2, 0.25) is 0 Å². The molecule has 0 bridgehead atoms. The van der Waals surface area contributed by atoms with Gasteiger partial charge in [0.2, 0.25) is 47.3 Å². The van der Waals surface area contributed by atoms with E-state index in [0.29, 0.717) is 11.3 Å². The molecule has 23 heteroatoms. The second-order valence-electron chi connectivity index (χ2n) is 19.6. The van der Waals surface area contributed by atoms with Gasteiger partial charge < -0.3 is 70.8 Å². The molecule has 1 aromatic heterocycles. The zero-order valence-corrected chi connectivity index (χ0v) is 43.9. The van der Waals surface area contributed by atoms with Crippen LogP contribution in [0.25, 0.3) is 11.3 Å². The lowest BCUT2D eigenvalue weighted by Gasteiger charge is -2.28. The van der Waals surface area contributed by atoms with Crippen molar-refractivity contribution in [1.29, 1.82) is 0 Å². The predicted molar refractivity (Wildman–Crippen MR) is 286 cm³/mol. The van der Waals surface area contributed by atoms with E-state index < -0.39 is 101 Å². The maximum absolute atomic E-state index is 14.5. The maximum atomic E-state index is 14.5. The van der Waals surface area contributed by atoms with Crippen LogP contribution in [0.15, 0.2) is 79.0 Å². The van der Waals surface area contributed by atoms with Crippen molar-refractivity contribution >= 4 is 53.2 Å². The lowest BCUT2D eigenvalue weighted by atomic mass is 10.00. The third-order valence-corrected chi connectivity index (χ3v) is 12.4. The number of hydrogen-bond acceptors (Lipinski definition) is 14. The topological polar surface area (TPSA) is 379 Å². The summed E-state index contributed by atoms with van der Waals surface area (Å²) in [4.78, 5) is 132. The van der Waals surface area contributed by atoms with E-state index in [1.807, 2.05) is 58.0 Å². The Bertz CT molecular complexity index is 2410. The van der Waals surface area contributed by atoms with Gasteiger partial charge in [-0.3, -0.25) is 48.1 Å². The molecule has 4 rings (SSSR count). The summed E-state index contributed by atoms with van der Waals surface area (Å²) in [5.41, 5.74) is 25.8. The highest BCUT2D eigenvalue weighted by Crippen LogP contribution is 2.18. The minimum atomic E-state index is -1.47. The van der Waals surface area contributed by atoms with E-state index >= 15 is 0 Å². The van der Waals surface area contributed by atoms with Crippen LogP contribution in [0.5, 0.6) is 0 Å². The van der Waals surface area contributed by atoms with Crippen LogP contribution >= 0.6 is 0 Å². The van der Waals surface area contributed by atoms with E-state index in [0.717, 1.165) is 5.56 Å². The van der Waals surface area contributed by atoms with Gasteiger partial charge in [0.15, 0.2) is 0 Å². The first-order valence-corrected chi connectivity index (χ1v) is 25.9. The Labute approximate surface area is 444 Å². The highest BCUT2D eigenvalue weighted by molar-refractivity contribution is 6.00. The minimum Gasteiger partial charge on any atom is -0.354 e. The molecular weight excluding hydrogens is 977 g/mol. The van der Waals surface area contributed by atoms with E-state index in [2.05, 4.69) is 52.8 Å². The molecule has 2 aromatic carbocycles. The van der Waals surface area contributed by atoms with Crippen LogP contribution < -0.4 is 70.8 Å². The van der Waals surface area contributed by atoms with Gasteiger partial charge in [-0.25, -0.2) is 0 Å². The smallest absolute Gasteiger partial charge is 0.252 e. The van der Waals surface area contributed by atoms with E-state index in [4.69, 9.17) is 22.9 Å². The average Bonchev–Trinajstić information content (AvgIpc) is 3.39. The first-order valence-electron chi connectivity index (χ1n) is 25.9. The fourth-order valence-corrected chi connectivity index (χ4v) is 8.42. The second-order valence-corrected chi connectivity index (χ2v) is 19.6. The predicted octanol–water partition coefficient (Wildman–Crippen LogP) is -1.51. The number of nitrogens with two attached hydrogens (primary N) is 4. The molecule has 0 unspecified atom stereocenters. The number of benzene rings is 2. The Balaban J connectivity index is 1.74. The Hall–Kier alpha value is -7.34. The van der Waals surface area contributed by atoms with Crippen molar-refractivity contribution < 1.29 is 43.2 Å². The Morgan fingerprint density at radius 2 is 1.04 bits per heavy atom. The Kier molecular flexibility index (Phi) is 25.4. The summed E-state index contributed by atoms with van der Waals surface area (Å²) in [7, 11) is 0. The molecule has 1 aliphatic heterocycles. The van der Waals surface area contributed by atoms with E-state index in [1.54, 1.807) is 36.4 Å². The van der Waals surface area contributed by atoms with Crippen molar-refractivity contribution in [1.82, 2.24) is 52.8 Å². The van der Waals surface area contributed by atoms with Crippen molar-refractivity contribution in [3.8, 4) is 11.3 Å². The molecule has 0 spiro atoms. The van der Waals surface area contributed by atoms with Crippen molar-refractivity contribution in [2.24, 2.45) is 34.8 Å². The summed E-state index contributed by atoms with van der Waals surface area (Å²) in [6.45, 7) is 6.78. The molecule has 0 radical (unpaired) electrons. The summed E-state index contributed by atoms with van der Waals surface area (Å²) in [5.74, 6) is -7.13. The number of carbonyl (C=O) groups is 9. The molecule has 23 nitrogen and oxygen atoms in total. The van der Waals surface area contributed by atoms with Crippen LogP contribution in [0.1, 0.15) is 88.6 Å². The SMILES string of the molecule is CC(C)C[C@@H]1NC(=O)[C@H](CCN)NC(=O)[C@H](CCN)NC(=O)[C@H](Cc2ccccc2)NC(=O)[C@@H](CC(C)C)NC(=O)[C@H](CCN)NC(=O)[C@@H](NC(=O)[C@@H](CCN)NC(=O)c2ccnc(-c3ccccc3)c2)CCNC1=O. The first kappa shape index (κ1) is 61.2. The van der Waals surface area contributed by atoms with E-state index in [9.17, 15) is 43.2 Å². The number of nitrogens with zero attached hydrogens (tertiary/aromatic N) is 1. The van der Waals surface area contributed by atoms with Gasteiger partial charge >= 0.3 is 0 Å². The van der Waals surface area contributed by atoms with Crippen LogP contribution in [0, 0.1) is 11.8 Å². The van der Waals surface area contributed by atoms with Gasteiger partial charge in [-0.1, -0.05) is 88.4 Å². The van der Waals surface area contributed by atoms with Crippen molar-refractivity contribution in [3.63, 3.8) is 0 Å². The summed E-state index contributed by atoms with van der Waals surface area (Å²) in [5, 5.41) is 24.3. The molecule has 3 aromatic rings. The first-order chi connectivity index (χ1) is 36.4. The van der Waals surface area contributed by atoms with Crippen molar-refractivity contribution in [2.75, 3.05) is 32.7 Å². The van der Waals surface area contributed by atoms with Crippen LogP contribution in [0.3, 0.4) is 0 Å². The van der Waals surface area contributed by atoms with Gasteiger partial charge in [-0.2, -0.15) is 0 Å².